The fourth-order valence-electron chi connectivity index (χ4n) is 2.85. The van der Waals surface area contributed by atoms with Crippen LogP contribution in [0.4, 0.5) is 0 Å². The summed E-state index contributed by atoms with van der Waals surface area (Å²) < 4.78 is 6.40. The molecular formula is C21H21N3O4. The lowest BCUT2D eigenvalue weighted by Crippen LogP contribution is -2.31. The lowest BCUT2D eigenvalue weighted by Gasteiger charge is -2.17. The molecule has 0 atom stereocenters. The van der Waals surface area contributed by atoms with Crippen LogP contribution < -0.4 is 5.56 Å². The van der Waals surface area contributed by atoms with Gasteiger partial charge in [0, 0.05) is 25.5 Å². The number of hydrogen-bond donors (Lipinski definition) is 0. The van der Waals surface area contributed by atoms with Crippen LogP contribution in [0.2, 0.25) is 0 Å². The van der Waals surface area contributed by atoms with Gasteiger partial charge in [-0.1, -0.05) is 48.5 Å². The third-order valence-electron chi connectivity index (χ3n) is 4.38. The normalized spacial score (nSPS) is 10.6. The molecule has 0 saturated heterocycles. The summed E-state index contributed by atoms with van der Waals surface area (Å²) in [4.78, 5) is 38.7. The molecule has 3 aromatic rings. The Morgan fingerprint density at radius 2 is 1.68 bits per heavy atom. The molecule has 0 fully saturated rings. The standard InChI is InChI=1S/C21H21N3O4/c1-3-24-20(26)17-12-8-7-11-16(17)19(22-24)21(27)28-14-18(25)23(2)13-15-9-5-4-6-10-15/h4-12H,3,13-14H2,1-2H3. The van der Waals surface area contributed by atoms with Crippen molar-refractivity contribution in [3.05, 3.63) is 76.2 Å². The Morgan fingerprint density at radius 1 is 1.04 bits per heavy atom. The maximum atomic E-state index is 12.6. The highest BCUT2D eigenvalue weighted by Crippen LogP contribution is 2.14. The molecule has 3 rings (SSSR count). The highest BCUT2D eigenvalue weighted by Gasteiger charge is 2.19. The van der Waals surface area contributed by atoms with E-state index >= 15 is 0 Å². The average molecular weight is 379 g/mol. The minimum absolute atomic E-state index is 0.0237. The molecule has 0 aliphatic heterocycles. The summed E-state index contributed by atoms with van der Waals surface area (Å²) in [7, 11) is 1.65. The van der Waals surface area contributed by atoms with E-state index in [1.165, 1.54) is 9.58 Å². The van der Waals surface area contributed by atoms with Crippen LogP contribution in [0.15, 0.2) is 59.4 Å². The summed E-state index contributed by atoms with van der Waals surface area (Å²) in [6.45, 7) is 2.10. The summed E-state index contributed by atoms with van der Waals surface area (Å²) in [5, 5.41) is 4.91. The molecule has 0 N–H and O–H groups in total. The molecule has 144 valence electrons. The number of rotatable bonds is 6. The largest absolute Gasteiger partial charge is 0.451 e. The van der Waals surface area contributed by atoms with Crippen molar-refractivity contribution < 1.29 is 14.3 Å². The van der Waals surface area contributed by atoms with Gasteiger partial charge in [0.2, 0.25) is 0 Å². The zero-order chi connectivity index (χ0) is 20.1. The van der Waals surface area contributed by atoms with Gasteiger partial charge in [-0.2, -0.15) is 5.10 Å². The van der Waals surface area contributed by atoms with Crippen molar-refractivity contribution >= 4 is 22.6 Å². The Kier molecular flexibility index (Phi) is 5.84. The summed E-state index contributed by atoms with van der Waals surface area (Å²) in [6.07, 6.45) is 0. The van der Waals surface area contributed by atoms with Crippen LogP contribution in [0.5, 0.6) is 0 Å². The predicted octanol–water partition coefficient (Wildman–Crippen LogP) is 2.23. The molecule has 0 bridgehead atoms. The highest BCUT2D eigenvalue weighted by molar-refractivity contribution is 6.02. The number of carbonyl (C=O) groups excluding carboxylic acids is 2. The van der Waals surface area contributed by atoms with Gasteiger partial charge in [0.1, 0.15) is 0 Å². The third kappa shape index (κ3) is 4.09. The number of carbonyl (C=O) groups is 2. The average Bonchev–Trinajstić information content (AvgIpc) is 2.73. The molecule has 0 aliphatic rings. The van der Waals surface area contributed by atoms with Gasteiger partial charge in [0.25, 0.3) is 11.5 Å². The summed E-state index contributed by atoms with van der Waals surface area (Å²) in [5.41, 5.74) is 0.733. The van der Waals surface area contributed by atoms with Crippen LogP contribution in [0.25, 0.3) is 10.8 Å². The van der Waals surface area contributed by atoms with Gasteiger partial charge in [0.15, 0.2) is 12.3 Å². The highest BCUT2D eigenvalue weighted by atomic mass is 16.5. The Morgan fingerprint density at radius 3 is 2.36 bits per heavy atom. The van der Waals surface area contributed by atoms with E-state index in [9.17, 15) is 14.4 Å². The number of nitrogens with zero attached hydrogens (tertiary/aromatic N) is 3. The quantitative estimate of drug-likeness (QED) is 0.614. The number of amides is 1. The van der Waals surface area contributed by atoms with Gasteiger partial charge in [-0.25, -0.2) is 9.48 Å². The second kappa shape index (κ2) is 8.47. The van der Waals surface area contributed by atoms with E-state index in [-0.39, 0.29) is 17.2 Å². The Balaban J connectivity index is 1.74. The number of benzene rings is 2. The summed E-state index contributed by atoms with van der Waals surface area (Å²) in [6, 6.07) is 16.3. The molecule has 7 heteroatoms. The summed E-state index contributed by atoms with van der Waals surface area (Å²) in [5.74, 6) is -1.06. The number of ether oxygens (including phenoxy) is 1. The first-order valence-corrected chi connectivity index (χ1v) is 8.96. The fraction of sp³-hybridized carbons (Fsp3) is 0.238. The van der Waals surface area contributed by atoms with E-state index in [0.29, 0.717) is 23.9 Å². The van der Waals surface area contributed by atoms with Crippen LogP contribution in [-0.2, 0) is 22.6 Å². The van der Waals surface area contributed by atoms with Crippen LogP contribution in [0.3, 0.4) is 0 Å². The number of aryl methyl sites for hydroxylation is 1. The maximum absolute atomic E-state index is 12.6. The number of fused-ring (bicyclic) bond motifs is 1. The number of esters is 1. The Hall–Kier alpha value is -3.48. The Labute approximate surface area is 162 Å². The van der Waals surface area contributed by atoms with E-state index in [0.717, 1.165) is 5.56 Å². The first kappa shape index (κ1) is 19.3. The first-order valence-electron chi connectivity index (χ1n) is 8.96. The zero-order valence-electron chi connectivity index (χ0n) is 15.8. The molecular weight excluding hydrogens is 358 g/mol. The number of likely N-dealkylation sites (N-methyl/N-ethyl adjacent to an activating group) is 1. The van der Waals surface area contributed by atoms with Crippen molar-refractivity contribution in [1.29, 1.82) is 0 Å². The SMILES string of the molecule is CCn1nc(C(=O)OCC(=O)N(C)Cc2ccccc2)c2ccccc2c1=O. The van der Waals surface area contributed by atoms with Gasteiger partial charge in [-0.15, -0.1) is 0 Å². The fourth-order valence-corrected chi connectivity index (χ4v) is 2.85. The van der Waals surface area contributed by atoms with Crippen LogP contribution in [0.1, 0.15) is 23.0 Å². The van der Waals surface area contributed by atoms with Crippen LogP contribution >= 0.6 is 0 Å². The molecule has 0 aliphatic carbocycles. The molecule has 1 amide bonds. The lowest BCUT2D eigenvalue weighted by molar-refractivity contribution is -0.133. The minimum atomic E-state index is -0.736. The molecule has 7 nitrogen and oxygen atoms in total. The molecule has 0 radical (unpaired) electrons. The maximum Gasteiger partial charge on any atom is 0.359 e. The zero-order valence-corrected chi connectivity index (χ0v) is 15.8. The number of aromatic nitrogens is 2. The van der Waals surface area contributed by atoms with Crippen molar-refractivity contribution in [3.63, 3.8) is 0 Å². The molecule has 0 spiro atoms. The smallest absolute Gasteiger partial charge is 0.359 e. The molecule has 1 heterocycles. The Bertz CT molecular complexity index is 1060. The molecule has 0 saturated carbocycles. The van der Waals surface area contributed by atoms with Gasteiger partial charge < -0.3 is 9.64 Å². The van der Waals surface area contributed by atoms with E-state index < -0.39 is 12.6 Å². The van der Waals surface area contributed by atoms with Gasteiger partial charge in [-0.3, -0.25) is 9.59 Å². The van der Waals surface area contributed by atoms with E-state index in [1.807, 2.05) is 30.3 Å². The van der Waals surface area contributed by atoms with E-state index in [1.54, 1.807) is 38.2 Å². The van der Waals surface area contributed by atoms with Crippen molar-refractivity contribution in [2.24, 2.45) is 0 Å². The van der Waals surface area contributed by atoms with Gasteiger partial charge >= 0.3 is 5.97 Å². The van der Waals surface area contributed by atoms with E-state index in [2.05, 4.69) is 5.10 Å². The van der Waals surface area contributed by atoms with Gasteiger partial charge in [-0.05, 0) is 18.6 Å². The molecule has 0 unspecified atom stereocenters. The minimum Gasteiger partial charge on any atom is -0.451 e. The molecule has 1 aromatic heterocycles. The predicted molar refractivity (Wildman–Crippen MR) is 105 cm³/mol. The van der Waals surface area contributed by atoms with Crippen molar-refractivity contribution in [2.45, 2.75) is 20.0 Å². The second-order valence-corrected chi connectivity index (χ2v) is 6.33. The van der Waals surface area contributed by atoms with Crippen molar-refractivity contribution in [3.8, 4) is 0 Å². The summed E-state index contributed by atoms with van der Waals surface area (Å²) >= 11 is 0. The number of hydrogen-bond acceptors (Lipinski definition) is 5. The van der Waals surface area contributed by atoms with E-state index in [4.69, 9.17) is 4.74 Å². The monoisotopic (exact) mass is 379 g/mol. The lowest BCUT2D eigenvalue weighted by atomic mass is 10.1. The third-order valence-corrected chi connectivity index (χ3v) is 4.38. The van der Waals surface area contributed by atoms with Crippen LogP contribution in [-0.4, -0.2) is 40.2 Å². The molecule has 2 aromatic carbocycles. The van der Waals surface area contributed by atoms with Crippen molar-refractivity contribution in [1.82, 2.24) is 14.7 Å². The first-order chi connectivity index (χ1) is 13.5. The topological polar surface area (TPSA) is 81.5 Å². The van der Waals surface area contributed by atoms with Crippen LogP contribution in [0, 0.1) is 0 Å². The molecule has 28 heavy (non-hydrogen) atoms. The second-order valence-electron chi connectivity index (χ2n) is 6.33. The van der Waals surface area contributed by atoms with Gasteiger partial charge in [0.05, 0.1) is 5.39 Å². The van der Waals surface area contributed by atoms with Crippen molar-refractivity contribution in [2.75, 3.05) is 13.7 Å².